The molecule has 1 saturated carbocycles. The topological polar surface area (TPSA) is 0 Å². The monoisotopic (exact) mass is 202 g/mol. The zero-order valence-electron chi connectivity index (χ0n) is 9.22. The van der Waals surface area contributed by atoms with Gasteiger partial charge in [-0.25, -0.2) is 0 Å². The van der Waals surface area contributed by atoms with Gasteiger partial charge in [0.05, 0.1) is 0 Å². The van der Waals surface area contributed by atoms with Crippen LogP contribution in [0.15, 0.2) is 0 Å². The van der Waals surface area contributed by atoms with Crippen LogP contribution in [-0.4, -0.2) is 5.38 Å². The maximum Gasteiger partial charge on any atom is 0.0361 e. The molecular weight excluding hydrogens is 180 g/mol. The zero-order chi connectivity index (χ0) is 9.84. The van der Waals surface area contributed by atoms with E-state index in [0.717, 1.165) is 24.2 Å². The van der Waals surface area contributed by atoms with Crippen LogP contribution < -0.4 is 0 Å². The molecule has 0 spiro atoms. The van der Waals surface area contributed by atoms with E-state index in [0.29, 0.717) is 5.38 Å². The highest BCUT2D eigenvalue weighted by Gasteiger charge is 2.27. The predicted molar refractivity (Wildman–Crippen MR) is 60.2 cm³/mol. The fraction of sp³-hybridized carbons (Fsp3) is 1.00. The molecule has 3 atom stereocenters. The summed E-state index contributed by atoms with van der Waals surface area (Å²) in [5.41, 5.74) is 0. The second kappa shape index (κ2) is 5.24. The summed E-state index contributed by atoms with van der Waals surface area (Å²) in [6.07, 6.45) is 6.71. The Bertz CT molecular complexity index is 142. The molecule has 78 valence electrons. The molecule has 0 aliphatic heterocycles. The minimum absolute atomic E-state index is 0.432. The van der Waals surface area contributed by atoms with E-state index < -0.39 is 0 Å². The van der Waals surface area contributed by atoms with Crippen LogP contribution in [0.25, 0.3) is 0 Å². The molecule has 1 rings (SSSR count). The first-order chi connectivity index (χ1) is 6.15. The molecule has 1 heteroatoms. The summed E-state index contributed by atoms with van der Waals surface area (Å²) in [5, 5.41) is 0.432. The molecular formula is C12H23Cl. The molecule has 0 aromatic heterocycles. The highest BCUT2D eigenvalue weighted by atomic mass is 35.5. The Morgan fingerprint density at radius 2 is 1.85 bits per heavy atom. The summed E-state index contributed by atoms with van der Waals surface area (Å²) in [5.74, 6) is 2.59. The molecule has 1 aliphatic carbocycles. The van der Waals surface area contributed by atoms with E-state index in [9.17, 15) is 0 Å². The Kier molecular flexibility index (Phi) is 4.58. The fourth-order valence-corrected chi connectivity index (χ4v) is 2.76. The van der Waals surface area contributed by atoms with Crippen molar-refractivity contribution in [2.24, 2.45) is 17.8 Å². The SMILES string of the molecule is CCC(Cl)C1CCCC(C(C)C)C1. The lowest BCUT2D eigenvalue weighted by molar-refractivity contribution is 0.208. The maximum absolute atomic E-state index is 6.31. The molecule has 0 nitrogen and oxygen atoms in total. The van der Waals surface area contributed by atoms with E-state index >= 15 is 0 Å². The van der Waals surface area contributed by atoms with E-state index in [1.807, 2.05) is 0 Å². The first-order valence-corrected chi connectivity index (χ1v) is 6.22. The standard InChI is InChI=1S/C12H23Cl/c1-4-12(13)11-7-5-6-10(8-11)9(2)3/h9-12H,4-8H2,1-3H3. The minimum Gasteiger partial charge on any atom is -0.123 e. The summed E-state index contributed by atoms with van der Waals surface area (Å²) < 4.78 is 0. The summed E-state index contributed by atoms with van der Waals surface area (Å²) in [7, 11) is 0. The molecule has 1 aliphatic rings. The minimum atomic E-state index is 0.432. The van der Waals surface area contributed by atoms with Crippen molar-refractivity contribution in [3.05, 3.63) is 0 Å². The van der Waals surface area contributed by atoms with Gasteiger partial charge in [0, 0.05) is 5.38 Å². The molecule has 13 heavy (non-hydrogen) atoms. The van der Waals surface area contributed by atoms with Crippen molar-refractivity contribution in [3.8, 4) is 0 Å². The fourth-order valence-electron chi connectivity index (χ4n) is 2.53. The zero-order valence-corrected chi connectivity index (χ0v) is 9.98. The molecule has 0 amide bonds. The number of alkyl halides is 1. The quantitative estimate of drug-likeness (QED) is 0.593. The third kappa shape index (κ3) is 3.16. The molecule has 0 saturated heterocycles. The molecule has 0 aromatic rings. The van der Waals surface area contributed by atoms with Crippen molar-refractivity contribution in [2.75, 3.05) is 0 Å². The van der Waals surface area contributed by atoms with Crippen LogP contribution in [0.2, 0.25) is 0 Å². The van der Waals surface area contributed by atoms with Crippen LogP contribution in [0.5, 0.6) is 0 Å². The second-order valence-corrected chi connectivity index (χ2v) is 5.42. The van der Waals surface area contributed by atoms with Crippen molar-refractivity contribution in [1.82, 2.24) is 0 Å². The van der Waals surface area contributed by atoms with Crippen LogP contribution in [-0.2, 0) is 0 Å². The number of rotatable bonds is 3. The Hall–Kier alpha value is 0.290. The van der Waals surface area contributed by atoms with E-state index in [4.69, 9.17) is 11.6 Å². The van der Waals surface area contributed by atoms with Crippen LogP contribution in [0.1, 0.15) is 52.9 Å². The molecule has 1 fully saturated rings. The number of hydrogen-bond donors (Lipinski definition) is 0. The van der Waals surface area contributed by atoms with Crippen LogP contribution in [0.3, 0.4) is 0 Å². The number of halogens is 1. The van der Waals surface area contributed by atoms with Gasteiger partial charge in [0.2, 0.25) is 0 Å². The Balaban J connectivity index is 2.41. The third-order valence-corrected chi connectivity index (χ3v) is 4.26. The predicted octanol–water partition coefficient (Wildman–Crippen LogP) is 4.47. The summed E-state index contributed by atoms with van der Waals surface area (Å²) in [6.45, 7) is 6.90. The van der Waals surface area contributed by atoms with Gasteiger partial charge in [-0.3, -0.25) is 0 Å². The smallest absolute Gasteiger partial charge is 0.0361 e. The van der Waals surface area contributed by atoms with Gasteiger partial charge in [0.15, 0.2) is 0 Å². The molecule has 0 N–H and O–H groups in total. The maximum atomic E-state index is 6.31. The van der Waals surface area contributed by atoms with E-state index in [-0.39, 0.29) is 0 Å². The van der Waals surface area contributed by atoms with Crippen molar-refractivity contribution in [3.63, 3.8) is 0 Å². The normalized spacial score (nSPS) is 32.1. The lowest BCUT2D eigenvalue weighted by atomic mass is 9.75. The van der Waals surface area contributed by atoms with Crippen LogP contribution in [0, 0.1) is 17.8 Å². The Morgan fingerprint density at radius 1 is 1.23 bits per heavy atom. The molecule has 0 aromatic carbocycles. The summed E-state index contributed by atoms with van der Waals surface area (Å²) in [4.78, 5) is 0. The largest absolute Gasteiger partial charge is 0.123 e. The molecule has 3 unspecified atom stereocenters. The van der Waals surface area contributed by atoms with Gasteiger partial charge in [-0.2, -0.15) is 0 Å². The lowest BCUT2D eigenvalue weighted by Gasteiger charge is -2.33. The Labute approximate surface area is 88.1 Å². The molecule has 0 bridgehead atoms. The van der Waals surface area contributed by atoms with E-state index in [2.05, 4.69) is 20.8 Å². The van der Waals surface area contributed by atoms with Gasteiger partial charge in [0.25, 0.3) is 0 Å². The average molecular weight is 203 g/mol. The first kappa shape index (κ1) is 11.4. The van der Waals surface area contributed by atoms with Gasteiger partial charge in [-0.1, -0.05) is 33.6 Å². The Morgan fingerprint density at radius 3 is 2.38 bits per heavy atom. The van der Waals surface area contributed by atoms with Crippen molar-refractivity contribution in [2.45, 2.75) is 58.3 Å². The van der Waals surface area contributed by atoms with Crippen molar-refractivity contribution >= 4 is 11.6 Å². The summed E-state index contributed by atoms with van der Waals surface area (Å²) >= 11 is 6.31. The van der Waals surface area contributed by atoms with Crippen molar-refractivity contribution < 1.29 is 0 Å². The third-order valence-electron chi connectivity index (χ3n) is 3.60. The van der Waals surface area contributed by atoms with Gasteiger partial charge >= 0.3 is 0 Å². The average Bonchev–Trinajstić information content (AvgIpc) is 2.17. The summed E-state index contributed by atoms with van der Waals surface area (Å²) in [6, 6.07) is 0. The highest BCUT2D eigenvalue weighted by Crippen LogP contribution is 2.37. The second-order valence-electron chi connectivity index (χ2n) is 4.86. The van der Waals surface area contributed by atoms with E-state index in [1.165, 1.54) is 25.7 Å². The van der Waals surface area contributed by atoms with Gasteiger partial charge in [0.1, 0.15) is 0 Å². The molecule has 0 radical (unpaired) electrons. The highest BCUT2D eigenvalue weighted by molar-refractivity contribution is 6.20. The van der Waals surface area contributed by atoms with Crippen molar-refractivity contribution in [1.29, 1.82) is 0 Å². The van der Waals surface area contributed by atoms with E-state index in [1.54, 1.807) is 0 Å². The van der Waals surface area contributed by atoms with Gasteiger partial charge in [-0.15, -0.1) is 11.6 Å². The number of hydrogen-bond acceptors (Lipinski definition) is 0. The van der Waals surface area contributed by atoms with Crippen LogP contribution >= 0.6 is 11.6 Å². The van der Waals surface area contributed by atoms with Gasteiger partial charge < -0.3 is 0 Å². The van der Waals surface area contributed by atoms with Gasteiger partial charge in [-0.05, 0) is 37.0 Å². The lowest BCUT2D eigenvalue weighted by Crippen LogP contribution is -2.25. The molecule has 0 heterocycles. The first-order valence-electron chi connectivity index (χ1n) is 5.79. The van der Waals surface area contributed by atoms with Crippen LogP contribution in [0.4, 0.5) is 0 Å².